The minimum Gasteiger partial charge on any atom is -0.366 e. The monoisotopic (exact) mass is 421 g/mol. The molecule has 1 fully saturated rings. The van der Waals surface area contributed by atoms with E-state index in [0.29, 0.717) is 41.7 Å². The van der Waals surface area contributed by atoms with Gasteiger partial charge in [-0.1, -0.05) is 41.4 Å². The highest BCUT2D eigenvalue weighted by atomic mass is 35.5. The van der Waals surface area contributed by atoms with Gasteiger partial charge in [-0.15, -0.1) is 0 Å². The molecule has 0 spiro atoms. The molecule has 28 heavy (non-hydrogen) atoms. The molecule has 1 atom stereocenters. The first kappa shape index (κ1) is 20.4. The fraction of sp³-hybridized carbons (Fsp3) is 0.350. The highest BCUT2D eigenvalue weighted by Crippen LogP contribution is 2.31. The predicted octanol–water partition coefficient (Wildman–Crippen LogP) is 5.00. The normalized spacial score (nSPS) is 15.9. The summed E-state index contributed by atoms with van der Waals surface area (Å²) in [6.07, 6.45) is 1.29. The Bertz CT molecular complexity index is 883. The van der Waals surface area contributed by atoms with Crippen LogP contribution >= 0.6 is 23.2 Å². The molecular weight excluding hydrogens is 401 g/mol. The van der Waals surface area contributed by atoms with Crippen molar-refractivity contribution in [2.45, 2.75) is 25.8 Å². The molecule has 1 N–H and O–H groups in total. The molecule has 1 aliphatic heterocycles. The third-order valence-electron chi connectivity index (χ3n) is 5.09. The van der Waals surface area contributed by atoms with Crippen molar-refractivity contribution in [3.8, 4) is 0 Å². The zero-order valence-electron chi connectivity index (χ0n) is 15.4. The van der Waals surface area contributed by atoms with Crippen LogP contribution in [0.25, 0.3) is 0 Å². The highest BCUT2D eigenvalue weighted by Gasteiger charge is 2.28. The largest absolute Gasteiger partial charge is 0.366 e. The van der Waals surface area contributed by atoms with Gasteiger partial charge in [0.05, 0.1) is 21.0 Å². The number of hydrogen-bond acceptors (Lipinski definition) is 4. The Balaban J connectivity index is 1.59. The molecule has 1 saturated heterocycles. The Morgan fingerprint density at radius 3 is 2.50 bits per heavy atom. The molecule has 0 bridgehead atoms. The number of piperidine rings is 1. The van der Waals surface area contributed by atoms with Gasteiger partial charge in [-0.05, 0) is 43.5 Å². The summed E-state index contributed by atoms with van der Waals surface area (Å²) in [5.41, 5.74) is 1.59. The molecule has 0 aliphatic carbocycles. The van der Waals surface area contributed by atoms with Crippen LogP contribution in [0.4, 0.5) is 11.4 Å². The molecule has 0 unspecified atom stereocenters. The fourth-order valence-electron chi connectivity index (χ4n) is 3.46. The molecule has 6 nitrogen and oxygen atoms in total. The SMILES string of the molecule is C[C@@H](NC(=O)C1CCN(c2ccccc2[N+](=O)[O-])CC1)c1ccc(Cl)c(Cl)c1. The molecule has 8 heteroatoms. The third-order valence-corrected chi connectivity index (χ3v) is 5.83. The number of nitrogens with one attached hydrogen (secondary N) is 1. The number of anilines is 1. The second-order valence-electron chi connectivity index (χ2n) is 6.91. The van der Waals surface area contributed by atoms with Gasteiger partial charge < -0.3 is 10.2 Å². The van der Waals surface area contributed by atoms with Crippen molar-refractivity contribution in [2.24, 2.45) is 5.92 Å². The Kier molecular flexibility index (Phi) is 6.42. The lowest BCUT2D eigenvalue weighted by atomic mass is 9.94. The second-order valence-corrected chi connectivity index (χ2v) is 7.73. The number of hydrogen-bond donors (Lipinski definition) is 1. The smallest absolute Gasteiger partial charge is 0.292 e. The van der Waals surface area contributed by atoms with Crippen molar-refractivity contribution >= 4 is 40.5 Å². The van der Waals surface area contributed by atoms with Crippen molar-refractivity contribution in [2.75, 3.05) is 18.0 Å². The molecule has 0 saturated carbocycles. The van der Waals surface area contributed by atoms with Crippen molar-refractivity contribution in [1.29, 1.82) is 0 Å². The number of amides is 1. The lowest BCUT2D eigenvalue weighted by Gasteiger charge is -2.33. The number of benzene rings is 2. The van der Waals surface area contributed by atoms with E-state index < -0.39 is 0 Å². The number of carbonyl (C=O) groups is 1. The van der Waals surface area contributed by atoms with Gasteiger partial charge in [-0.3, -0.25) is 14.9 Å². The summed E-state index contributed by atoms with van der Waals surface area (Å²) in [4.78, 5) is 25.5. The molecule has 0 radical (unpaired) electrons. The standard InChI is InChI=1S/C20H21Cl2N3O3/c1-13(15-6-7-16(21)17(22)12-15)23-20(26)14-8-10-24(11-9-14)18-4-2-3-5-19(18)25(27)28/h2-7,12-14H,8-11H2,1H3,(H,23,26)/t13-/m1/s1. The Morgan fingerprint density at radius 2 is 1.86 bits per heavy atom. The average molecular weight is 422 g/mol. The van der Waals surface area contributed by atoms with E-state index in [9.17, 15) is 14.9 Å². The van der Waals surface area contributed by atoms with Crippen LogP contribution in [-0.4, -0.2) is 23.9 Å². The molecule has 2 aromatic rings. The topological polar surface area (TPSA) is 75.5 Å². The summed E-state index contributed by atoms with van der Waals surface area (Å²) in [5, 5.41) is 15.2. The summed E-state index contributed by atoms with van der Waals surface area (Å²) in [7, 11) is 0. The predicted molar refractivity (Wildman–Crippen MR) is 111 cm³/mol. The molecule has 2 aromatic carbocycles. The van der Waals surface area contributed by atoms with Crippen LogP contribution in [0.1, 0.15) is 31.4 Å². The zero-order chi connectivity index (χ0) is 20.3. The molecular formula is C20H21Cl2N3O3. The zero-order valence-corrected chi connectivity index (χ0v) is 16.9. The first-order valence-electron chi connectivity index (χ1n) is 9.10. The van der Waals surface area contributed by atoms with Gasteiger partial charge in [0.1, 0.15) is 5.69 Å². The van der Waals surface area contributed by atoms with E-state index in [-0.39, 0.29) is 28.5 Å². The van der Waals surface area contributed by atoms with Gasteiger partial charge in [0, 0.05) is 25.1 Å². The molecule has 1 heterocycles. The number of para-hydroxylation sites is 2. The van der Waals surface area contributed by atoms with E-state index in [1.807, 2.05) is 17.9 Å². The van der Waals surface area contributed by atoms with Crippen LogP contribution in [0.15, 0.2) is 42.5 Å². The van der Waals surface area contributed by atoms with Crippen molar-refractivity contribution in [3.63, 3.8) is 0 Å². The number of nitrogens with zero attached hydrogens (tertiary/aromatic N) is 2. The van der Waals surface area contributed by atoms with Crippen LogP contribution < -0.4 is 10.2 Å². The lowest BCUT2D eigenvalue weighted by molar-refractivity contribution is -0.384. The van der Waals surface area contributed by atoms with Crippen LogP contribution in [-0.2, 0) is 4.79 Å². The van der Waals surface area contributed by atoms with E-state index in [0.717, 1.165) is 5.56 Å². The van der Waals surface area contributed by atoms with Crippen molar-refractivity contribution < 1.29 is 9.72 Å². The van der Waals surface area contributed by atoms with Crippen molar-refractivity contribution in [1.82, 2.24) is 5.32 Å². The van der Waals surface area contributed by atoms with Crippen LogP contribution in [0.2, 0.25) is 10.0 Å². The number of nitro groups is 1. The Hall–Kier alpha value is -2.31. The summed E-state index contributed by atoms with van der Waals surface area (Å²) in [6.45, 7) is 3.11. The second kappa shape index (κ2) is 8.80. The fourth-order valence-corrected chi connectivity index (χ4v) is 3.77. The first-order chi connectivity index (χ1) is 13.4. The maximum Gasteiger partial charge on any atom is 0.292 e. The Morgan fingerprint density at radius 1 is 1.18 bits per heavy atom. The van der Waals surface area contributed by atoms with Gasteiger partial charge >= 0.3 is 0 Å². The molecule has 148 valence electrons. The van der Waals surface area contributed by atoms with Gasteiger partial charge in [0.15, 0.2) is 0 Å². The van der Waals surface area contributed by atoms with E-state index in [2.05, 4.69) is 5.32 Å². The molecule has 1 aliphatic rings. The molecule has 3 rings (SSSR count). The van der Waals surface area contributed by atoms with E-state index >= 15 is 0 Å². The van der Waals surface area contributed by atoms with Gasteiger partial charge in [-0.2, -0.15) is 0 Å². The van der Waals surface area contributed by atoms with Gasteiger partial charge in [-0.25, -0.2) is 0 Å². The van der Waals surface area contributed by atoms with Gasteiger partial charge in [0.25, 0.3) is 5.69 Å². The van der Waals surface area contributed by atoms with Crippen molar-refractivity contribution in [3.05, 3.63) is 68.2 Å². The number of nitro benzene ring substituents is 1. The Labute approximate surface area is 173 Å². The maximum absolute atomic E-state index is 12.7. The summed E-state index contributed by atoms with van der Waals surface area (Å²) in [5.74, 6) is -0.134. The first-order valence-corrected chi connectivity index (χ1v) is 9.86. The average Bonchev–Trinajstić information content (AvgIpc) is 2.70. The lowest BCUT2D eigenvalue weighted by Crippen LogP contribution is -2.41. The van der Waals surface area contributed by atoms with Crippen LogP contribution in [0.5, 0.6) is 0 Å². The number of halogens is 2. The molecule has 0 aromatic heterocycles. The van der Waals surface area contributed by atoms with Crippen LogP contribution in [0, 0.1) is 16.0 Å². The maximum atomic E-state index is 12.7. The summed E-state index contributed by atoms with van der Waals surface area (Å²) >= 11 is 12.0. The van der Waals surface area contributed by atoms with E-state index in [1.54, 1.807) is 30.3 Å². The minimum absolute atomic E-state index is 0.0132. The quantitative estimate of drug-likeness (QED) is 0.544. The number of rotatable bonds is 5. The minimum atomic E-state index is -0.368. The van der Waals surface area contributed by atoms with E-state index in [4.69, 9.17) is 23.2 Å². The molecule has 1 amide bonds. The third kappa shape index (κ3) is 4.56. The van der Waals surface area contributed by atoms with E-state index in [1.165, 1.54) is 6.07 Å². The summed E-state index contributed by atoms with van der Waals surface area (Å²) in [6, 6.07) is 11.8. The summed E-state index contributed by atoms with van der Waals surface area (Å²) < 4.78 is 0. The number of carbonyl (C=O) groups excluding carboxylic acids is 1. The highest BCUT2D eigenvalue weighted by molar-refractivity contribution is 6.42. The van der Waals surface area contributed by atoms with Gasteiger partial charge in [0.2, 0.25) is 5.91 Å². The van der Waals surface area contributed by atoms with Crippen LogP contribution in [0.3, 0.4) is 0 Å².